The van der Waals surface area contributed by atoms with Crippen LogP contribution in [0.5, 0.6) is 5.75 Å². The highest BCUT2D eigenvalue weighted by atomic mass is 35.5. The predicted molar refractivity (Wildman–Crippen MR) is 139 cm³/mol. The number of hydrogen-bond acceptors (Lipinski definition) is 5. The molecule has 1 aromatic heterocycles. The SMILES string of the molecule is Cc1ccc(C(C)C)c(OCC(=O)NC(=S)Nc2ccc3oc(-c4cc(F)c(F)cc4Cl)nc3c2)c1. The van der Waals surface area contributed by atoms with Gasteiger partial charge in [0.05, 0.1) is 10.6 Å². The Morgan fingerprint density at radius 1 is 1.14 bits per heavy atom. The largest absolute Gasteiger partial charge is 0.483 e. The number of aryl methyl sites for hydroxylation is 1. The number of halogens is 3. The van der Waals surface area contributed by atoms with E-state index < -0.39 is 17.5 Å². The van der Waals surface area contributed by atoms with Crippen LogP contribution < -0.4 is 15.4 Å². The van der Waals surface area contributed by atoms with Gasteiger partial charge in [0.15, 0.2) is 28.9 Å². The summed E-state index contributed by atoms with van der Waals surface area (Å²) in [6.07, 6.45) is 0. The minimum atomic E-state index is -1.06. The van der Waals surface area contributed by atoms with E-state index in [-0.39, 0.29) is 34.1 Å². The molecule has 0 saturated heterocycles. The lowest BCUT2D eigenvalue weighted by molar-refractivity contribution is -0.121. The molecule has 6 nitrogen and oxygen atoms in total. The van der Waals surface area contributed by atoms with Gasteiger partial charge in [0.25, 0.3) is 5.91 Å². The quantitative estimate of drug-likeness (QED) is 0.212. The van der Waals surface area contributed by atoms with Gasteiger partial charge >= 0.3 is 0 Å². The molecule has 0 fully saturated rings. The number of thiocarbonyl (C=S) groups is 1. The van der Waals surface area contributed by atoms with Crippen LogP contribution >= 0.6 is 23.8 Å². The molecule has 0 aliphatic rings. The summed E-state index contributed by atoms with van der Waals surface area (Å²) in [4.78, 5) is 16.7. The summed E-state index contributed by atoms with van der Waals surface area (Å²) in [5.41, 5.74) is 3.53. The summed E-state index contributed by atoms with van der Waals surface area (Å²) in [5, 5.41) is 5.52. The van der Waals surface area contributed by atoms with Crippen LogP contribution in [0.15, 0.2) is 52.9 Å². The van der Waals surface area contributed by atoms with Crippen molar-refractivity contribution in [3.8, 4) is 17.2 Å². The van der Waals surface area contributed by atoms with E-state index in [0.717, 1.165) is 23.3 Å². The monoisotopic (exact) mass is 529 g/mol. The van der Waals surface area contributed by atoms with Crippen LogP contribution in [-0.2, 0) is 4.79 Å². The fourth-order valence-electron chi connectivity index (χ4n) is 3.52. The Morgan fingerprint density at radius 2 is 1.89 bits per heavy atom. The van der Waals surface area contributed by atoms with Gasteiger partial charge in [-0.2, -0.15) is 0 Å². The van der Waals surface area contributed by atoms with E-state index in [4.69, 9.17) is 33.0 Å². The Kier molecular flexibility index (Phi) is 7.51. The third-order valence-corrected chi connectivity index (χ3v) is 5.81. The fourth-order valence-corrected chi connectivity index (χ4v) is 3.98. The van der Waals surface area contributed by atoms with E-state index in [1.165, 1.54) is 0 Å². The van der Waals surface area contributed by atoms with Crippen LogP contribution in [-0.4, -0.2) is 22.6 Å². The first-order valence-corrected chi connectivity index (χ1v) is 11.8. The average molecular weight is 530 g/mol. The minimum Gasteiger partial charge on any atom is -0.483 e. The third-order valence-electron chi connectivity index (χ3n) is 5.29. The van der Waals surface area contributed by atoms with Gasteiger partial charge in [-0.25, -0.2) is 13.8 Å². The second kappa shape index (κ2) is 10.6. The van der Waals surface area contributed by atoms with E-state index in [2.05, 4.69) is 29.5 Å². The van der Waals surface area contributed by atoms with Gasteiger partial charge in [-0.05, 0) is 72.6 Å². The lowest BCUT2D eigenvalue weighted by Crippen LogP contribution is -2.37. The second-order valence-electron chi connectivity index (χ2n) is 8.43. The highest BCUT2D eigenvalue weighted by Gasteiger charge is 2.16. The van der Waals surface area contributed by atoms with Crippen molar-refractivity contribution in [1.29, 1.82) is 0 Å². The number of anilines is 1. The third kappa shape index (κ3) is 5.80. The van der Waals surface area contributed by atoms with Crippen molar-refractivity contribution in [2.24, 2.45) is 0 Å². The molecule has 3 aromatic carbocycles. The Morgan fingerprint density at radius 3 is 2.64 bits per heavy atom. The van der Waals surface area contributed by atoms with Gasteiger partial charge in [0, 0.05) is 5.69 Å². The van der Waals surface area contributed by atoms with Crippen LogP contribution in [0.3, 0.4) is 0 Å². The topological polar surface area (TPSA) is 76.4 Å². The first-order valence-electron chi connectivity index (χ1n) is 11.0. The molecule has 186 valence electrons. The molecule has 0 spiro atoms. The summed E-state index contributed by atoms with van der Waals surface area (Å²) < 4.78 is 38.4. The smallest absolute Gasteiger partial charge is 0.264 e. The molecule has 4 rings (SSSR count). The van der Waals surface area contributed by atoms with Crippen molar-refractivity contribution in [3.05, 3.63) is 76.3 Å². The summed E-state index contributed by atoms with van der Waals surface area (Å²) >= 11 is 11.3. The first kappa shape index (κ1) is 25.5. The van der Waals surface area contributed by atoms with Crippen LogP contribution in [0.1, 0.15) is 30.9 Å². The summed E-state index contributed by atoms with van der Waals surface area (Å²) in [5.74, 6) is -1.60. The molecular weight excluding hydrogens is 508 g/mol. The molecule has 2 N–H and O–H groups in total. The first-order chi connectivity index (χ1) is 17.1. The van der Waals surface area contributed by atoms with Crippen molar-refractivity contribution >= 4 is 51.6 Å². The van der Waals surface area contributed by atoms with E-state index in [9.17, 15) is 13.6 Å². The number of fused-ring (bicyclic) bond motifs is 1. The van der Waals surface area contributed by atoms with Crippen LogP contribution in [0.25, 0.3) is 22.6 Å². The average Bonchev–Trinajstić information content (AvgIpc) is 3.23. The fraction of sp³-hybridized carbons (Fsp3) is 0.192. The number of aromatic nitrogens is 1. The molecule has 0 saturated carbocycles. The van der Waals surface area contributed by atoms with Crippen molar-refractivity contribution in [2.75, 3.05) is 11.9 Å². The number of nitrogens with zero attached hydrogens (tertiary/aromatic N) is 1. The van der Waals surface area contributed by atoms with Gasteiger partial charge in [-0.1, -0.05) is 37.6 Å². The van der Waals surface area contributed by atoms with Gasteiger partial charge in [0.1, 0.15) is 11.3 Å². The molecule has 36 heavy (non-hydrogen) atoms. The molecule has 0 aliphatic carbocycles. The lowest BCUT2D eigenvalue weighted by atomic mass is 10.0. The summed E-state index contributed by atoms with van der Waals surface area (Å²) in [6, 6.07) is 12.6. The van der Waals surface area contributed by atoms with Crippen LogP contribution in [0, 0.1) is 18.6 Å². The van der Waals surface area contributed by atoms with Crippen molar-refractivity contribution in [1.82, 2.24) is 10.3 Å². The maximum atomic E-state index is 13.7. The van der Waals surface area contributed by atoms with Crippen LogP contribution in [0.4, 0.5) is 14.5 Å². The Labute approximate surface area is 216 Å². The standard InChI is InChI=1S/C26H22ClF2N3O3S/c1-13(2)16-6-4-14(3)8-23(16)34-12-24(33)32-26(36)30-15-5-7-22-21(9-15)31-25(35-22)17-10-19(28)20(29)11-18(17)27/h4-11,13H,12H2,1-3H3,(H2,30,32,33,36). The number of amides is 1. The normalized spacial score (nSPS) is 11.1. The number of benzene rings is 3. The molecule has 0 atom stereocenters. The molecule has 0 unspecified atom stereocenters. The zero-order chi connectivity index (χ0) is 26.0. The van der Waals surface area contributed by atoms with Crippen molar-refractivity contribution < 1.29 is 22.7 Å². The highest BCUT2D eigenvalue weighted by molar-refractivity contribution is 7.80. The molecule has 1 heterocycles. The number of carbonyl (C=O) groups excluding carboxylic acids is 1. The number of carbonyl (C=O) groups is 1. The summed E-state index contributed by atoms with van der Waals surface area (Å²) in [7, 11) is 0. The van der Waals surface area contributed by atoms with Gasteiger partial charge in [-0.15, -0.1) is 0 Å². The predicted octanol–water partition coefficient (Wildman–Crippen LogP) is 6.75. The number of hydrogen-bond donors (Lipinski definition) is 2. The number of oxazole rings is 1. The lowest BCUT2D eigenvalue weighted by Gasteiger charge is -2.15. The second-order valence-corrected chi connectivity index (χ2v) is 9.25. The number of nitrogens with one attached hydrogen (secondary N) is 2. The minimum absolute atomic E-state index is 0.0314. The molecular formula is C26H22ClF2N3O3S. The number of rotatable bonds is 6. The van der Waals surface area contributed by atoms with E-state index in [1.807, 2.05) is 25.1 Å². The highest BCUT2D eigenvalue weighted by Crippen LogP contribution is 2.32. The van der Waals surface area contributed by atoms with Crippen molar-refractivity contribution in [3.63, 3.8) is 0 Å². The van der Waals surface area contributed by atoms with E-state index in [1.54, 1.807) is 18.2 Å². The zero-order valence-electron chi connectivity index (χ0n) is 19.6. The molecule has 0 bridgehead atoms. The Hall–Kier alpha value is -3.56. The molecule has 1 amide bonds. The van der Waals surface area contributed by atoms with Crippen LogP contribution in [0.2, 0.25) is 5.02 Å². The van der Waals surface area contributed by atoms with Crippen molar-refractivity contribution in [2.45, 2.75) is 26.7 Å². The van der Waals surface area contributed by atoms with Gasteiger partial charge in [0.2, 0.25) is 5.89 Å². The molecule has 10 heteroatoms. The van der Waals surface area contributed by atoms with E-state index in [0.29, 0.717) is 22.5 Å². The summed E-state index contributed by atoms with van der Waals surface area (Å²) in [6.45, 7) is 5.86. The molecule has 0 aliphatic heterocycles. The number of ether oxygens (including phenoxy) is 1. The maximum absolute atomic E-state index is 13.7. The molecule has 4 aromatic rings. The Bertz CT molecular complexity index is 1470. The van der Waals surface area contributed by atoms with Gasteiger partial charge < -0.3 is 14.5 Å². The maximum Gasteiger partial charge on any atom is 0.264 e. The molecule has 0 radical (unpaired) electrons. The van der Waals surface area contributed by atoms with Gasteiger partial charge in [-0.3, -0.25) is 10.1 Å². The Balaban J connectivity index is 1.40. The van der Waals surface area contributed by atoms with E-state index >= 15 is 0 Å². The zero-order valence-corrected chi connectivity index (χ0v) is 21.2.